The molecule has 0 aliphatic heterocycles. The Morgan fingerprint density at radius 3 is 2.31 bits per heavy atom. The van der Waals surface area contributed by atoms with Gasteiger partial charge in [-0.2, -0.15) is 0 Å². The molecule has 0 bridgehead atoms. The zero-order valence-electron chi connectivity index (χ0n) is 9.04. The highest BCUT2D eigenvalue weighted by atomic mass is 16.5. The van der Waals surface area contributed by atoms with Gasteiger partial charge in [0.25, 0.3) is 0 Å². The van der Waals surface area contributed by atoms with Gasteiger partial charge in [-0.25, -0.2) is 9.97 Å². The van der Waals surface area contributed by atoms with Crippen LogP contribution >= 0.6 is 0 Å². The van der Waals surface area contributed by atoms with Crippen molar-refractivity contribution in [2.75, 3.05) is 0 Å². The standard InChI is InChI=1S/C10H15BN2O3/c14-11(15)8-6-12-10(13-7-8)16-9-4-2-1-3-5-9/h6-7,9,14-15H,1-5H2. The lowest BCUT2D eigenvalue weighted by molar-refractivity contribution is 0.142. The van der Waals surface area contributed by atoms with Gasteiger partial charge in [-0.05, 0) is 25.7 Å². The van der Waals surface area contributed by atoms with Gasteiger partial charge in [-0.1, -0.05) is 6.42 Å². The zero-order chi connectivity index (χ0) is 11.4. The fourth-order valence-electron chi connectivity index (χ4n) is 1.85. The third kappa shape index (κ3) is 2.93. The van der Waals surface area contributed by atoms with Crippen LogP contribution in [0.3, 0.4) is 0 Å². The molecule has 0 amide bonds. The molecule has 1 aromatic heterocycles. The highest BCUT2D eigenvalue weighted by Crippen LogP contribution is 2.20. The molecule has 0 atom stereocenters. The Balaban J connectivity index is 1.93. The minimum absolute atomic E-state index is 0.207. The van der Waals surface area contributed by atoms with Gasteiger partial charge in [-0.3, -0.25) is 0 Å². The SMILES string of the molecule is OB(O)c1cnc(OC2CCCCC2)nc1. The van der Waals surface area contributed by atoms with Gasteiger partial charge in [0.15, 0.2) is 0 Å². The van der Waals surface area contributed by atoms with Crippen molar-refractivity contribution in [2.45, 2.75) is 38.2 Å². The van der Waals surface area contributed by atoms with Gasteiger partial charge in [0, 0.05) is 17.9 Å². The summed E-state index contributed by atoms with van der Waals surface area (Å²) in [5.74, 6) is 0. The monoisotopic (exact) mass is 222 g/mol. The molecule has 1 saturated carbocycles. The highest BCUT2D eigenvalue weighted by molar-refractivity contribution is 6.58. The van der Waals surface area contributed by atoms with Crippen molar-refractivity contribution < 1.29 is 14.8 Å². The third-order valence-electron chi connectivity index (χ3n) is 2.77. The van der Waals surface area contributed by atoms with Gasteiger partial charge in [0.05, 0.1) is 0 Å². The second kappa shape index (κ2) is 5.27. The minimum atomic E-state index is -1.52. The summed E-state index contributed by atoms with van der Waals surface area (Å²) in [6.07, 6.45) is 8.71. The molecule has 2 N–H and O–H groups in total. The van der Waals surface area contributed by atoms with E-state index < -0.39 is 7.12 Å². The lowest BCUT2D eigenvalue weighted by Crippen LogP contribution is -2.31. The van der Waals surface area contributed by atoms with Crippen LogP contribution in [0.2, 0.25) is 0 Å². The average Bonchev–Trinajstić information content (AvgIpc) is 2.31. The van der Waals surface area contributed by atoms with E-state index in [0.29, 0.717) is 6.01 Å². The molecule has 86 valence electrons. The second-order valence-electron chi connectivity index (χ2n) is 4.05. The Bertz CT molecular complexity index is 325. The average molecular weight is 222 g/mol. The fraction of sp³-hybridized carbons (Fsp3) is 0.600. The van der Waals surface area contributed by atoms with Crippen LogP contribution in [0.5, 0.6) is 6.01 Å². The number of hydrogen-bond acceptors (Lipinski definition) is 5. The van der Waals surface area contributed by atoms with Crippen LogP contribution in [0.15, 0.2) is 12.4 Å². The first-order valence-corrected chi connectivity index (χ1v) is 5.60. The van der Waals surface area contributed by atoms with E-state index in [1.807, 2.05) is 0 Å². The maximum atomic E-state index is 8.87. The van der Waals surface area contributed by atoms with Crippen molar-refractivity contribution in [3.63, 3.8) is 0 Å². The van der Waals surface area contributed by atoms with Crippen molar-refractivity contribution >= 4 is 12.6 Å². The van der Waals surface area contributed by atoms with Crippen LogP contribution in [0, 0.1) is 0 Å². The normalized spacial score (nSPS) is 17.1. The Morgan fingerprint density at radius 2 is 1.75 bits per heavy atom. The number of ether oxygens (including phenoxy) is 1. The summed E-state index contributed by atoms with van der Waals surface area (Å²) in [6, 6.07) is 0.316. The molecule has 1 aliphatic carbocycles. The first-order valence-electron chi connectivity index (χ1n) is 5.60. The molecule has 2 rings (SSSR count). The van der Waals surface area contributed by atoms with E-state index in [2.05, 4.69) is 9.97 Å². The van der Waals surface area contributed by atoms with Crippen LogP contribution in [-0.4, -0.2) is 33.2 Å². The van der Waals surface area contributed by atoms with Crippen molar-refractivity contribution in [3.8, 4) is 6.01 Å². The van der Waals surface area contributed by atoms with E-state index in [0.717, 1.165) is 12.8 Å². The van der Waals surface area contributed by atoms with Crippen LogP contribution < -0.4 is 10.2 Å². The van der Waals surface area contributed by atoms with Crippen LogP contribution in [0.25, 0.3) is 0 Å². The first kappa shape index (κ1) is 11.4. The van der Waals surface area contributed by atoms with E-state index in [4.69, 9.17) is 14.8 Å². The smallest absolute Gasteiger partial charge is 0.460 e. The summed E-state index contributed by atoms with van der Waals surface area (Å²) < 4.78 is 5.60. The molecule has 0 unspecified atom stereocenters. The summed E-state index contributed by atoms with van der Waals surface area (Å²) in [6.45, 7) is 0. The summed E-state index contributed by atoms with van der Waals surface area (Å²) in [7, 11) is -1.52. The predicted molar refractivity (Wildman–Crippen MR) is 59.4 cm³/mol. The summed E-state index contributed by atoms with van der Waals surface area (Å²) in [4.78, 5) is 7.88. The van der Waals surface area contributed by atoms with Crippen LogP contribution in [0.1, 0.15) is 32.1 Å². The maximum absolute atomic E-state index is 8.87. The van der Waals surface area contributed by atoms with Gasteiger partial charge >= 0.3 is 13.1 Å². The molecular weight excluding hydrogens is 207 g/mol. The molecule has 0 saturated heterocycles. The molecular formula is C10H15BN2O3. The Labute approximate surface area is 94.6 Å². The minimum Gasteiger partial charge on any atom is -0.460 e. The Kier molecular flexibility index (Phi) is 3.74. The summed E-state index contributed by atoms with van der Waals surface area (Å²) in [5.41, 5.74) is 0.274. The summed E-state index contributed by atoms with van der Waals surface area (Å²) >= 11 is 0. The van der Waals surface area contributed by atoms with E-state index in [1.165, 1.54) is 31.7 Å². The van der Waals surface area contributed by atoms with Gasteiger partial charge in [0.2, 0.25) is 0 Å². The van der Waals surface area contributed by atoms with Crippen molar-refractivity contribution in [1.29, 1.82) is 0 Å². The number of rotatable bonds is 3. The molecule has 1 fully saturated rings. The fourth-order valence-corrected chi connectivity index (χ4v) is 1.85. The molecule has 6 heteroatoms. The lowest BCUT2D eigenvalue weighted by atomic mass is 9.83. The van der Waals surface area contributed by atoms with Gasteiger partial charge in [0.1, 0.15) is 6.10 Å². The van der Waals surface area contributed by atoms with Crippen LogP contribution in [-0.2, 0) is 0 Å². The number of hydrogen-bond donors (Lipinski definition) is 2. The van der Waals surface area contributed by atoms with E-state index in [-0.39, 0.29) is 11.6 Å². The molecule has 1 aliphatic rings. The van der Waals surface area contributed by atoms with E-state index in [9.17, 15) is 0 Å². The Morgan fingerprint density at radius 1 is 1.12 bits per heavy atom. The second-order valence-corrected chi connectivity index (χ2v) is 4.05. The molecule has 1 aromatic rings. The number of nitrogens with zero attached hydrogens (tertiary/aromatic N) is 2. The van der Waals surface area contributed by atoms with Crippen molar-refractivity contribution in [3.05, 3.63) is 12.4 Å². The van der Waals surface area contributed by atoms with E-state index in [1.54, 1.807) is 0 Å². The first-order chi connectivity index (χ1) is 7.75. The topological polar surface area (TPSA) is 75.5 Å². The molecule has 0 aromatic carbocycles. The van der Waals surface area contributed by atoms with Crippen molar-refractivity contribution in [2.24, 2.45) is 0 Å². The predicted octanol–water partition coefficient (Wildman–Crippen LogP) is -0.132. The zero-order valence-corrected chi connectivity index (χ0v) is 9.04. The van der Waals surface area contributed by atoms with Crippen LogP contribution in [0.4, 0.5) is 0 Å². The molecule has 0 spiro atoms. The summed E-state index contributed by atoms with van der Waals surface area (Å²) in [5, 5.41) is 17.7. The number of aromatic nitrogens is 2. The molecule has 1 heterocycles. The molecule has 16 heavy (non-hydrogen) atoms. The largest absolute Gasteiger partial charge is 0.491 e. The van der Waals surface area contributed by atoms with E-state index >= 15 is 0 Å². The molecule has 0 radical (unpaired) electrons. The van der Waals surface area contributed by atoms with Gasteiger partial charge in [-0.15, -0.1) is 0 Å². The molecule has 5 nitrogen and oxygen atoms in total. The Hall–Kier alpha value is -1.14. The maximum Gasteiger partial charge on any atom is 0.491 e. The third-order valence-corrected chi connectivity index (χ3v) is 2.77. The van der Waals surface area contributed by atoms with Crippen molar-refractivity contribution in [1.82, 2.24) is 9.97 Å². The van der Waals surface area contributed by atoms with Gasteiger partial charge < -0.3 is 14.8 Å². The highest BCUT2D eigenvalue weighted by Gasteiger charge is 2.17. The quantitative estimate of drug-likeness (QED) is 0.696. The lowest BCUT2D eigenvalue weighted by Gasteiger charge is -2.21.